The number of nitrogens with one attached hydrogen (secondary N) is 1. The third-order valence-electron chi connectivity index (χ3n) is 18.4. The molecule has 534 valence electrons. The number of unbranched alkanes of at least 4 members (excludes halogenated alkanes) is 35. The van der Waals surface area contributed by atoms with Crippen molar-refractivity contribution in [3.05, 3.63) is 96.2 Å². The molecule has 0 spiro atoms. The van der Waals surface area contributed by atoms with Gasteiger partial charge in [0.1, 0.15) is 6.10 Å². The summed E-state index contributed by atoms with van der Waals surface area (Å²) in [6.45, 7) is 14.0. The minimum Gasteiger partial charge on any atom is -0.393 e. The van der Waals surface area contributed by atoms with Crippen LogP contribution in [0.25, 0.3) is 0 Å². The van der Waals surface area contributed by atoms with Gasteiger partial charge >= 0.3 is 0 Å². The molecular formula is C86H158N4O2. The Labute approximate surface area is 575 Å². The van der Waals surface area contributed by atoms with Gasteiger partial charge in [-0.2, -0.15) is 0 Å². The van der Waals surface area contributed by atoms with Gasteiger partial charge in [0.15, 0.2) is 0 Å². The highest BCUT2D eigenvalue weighted by molar-refractivity contribution is 5.81. The number of hydrogen-bond acceptors (Lipinski definition) is 5. The summed E-state index contributed by atoms with van der Waals surface area (Å²) < 4.78 is 0. The minimum atomic E-state index is 0.215. The van der Waals surface area contributed by atoms with E-state index in [-0.39, 0.29) is 12.0 Å². The lowest BCUT2D eigenvalue weighted by molar-refractivity contribution is -0.121. The molecule has 6 nitrogen and oxygen atoms in total. The van der Waals surface area contributed by atoms with Crippen LogP contribution in [-0.4, -0.2) is 75.3 Å². The molecule has 0 heterocycles. The first-order chi connectivity index (χ1) is 45.2. The molecule has 0 aromatic carbocycles. The van der Waals surface area contributed by atoms with Gasteiger partial charge in [0, 0.05) is 32.5 Å². The number of rotatable bonds is 71. The standard InChI is InChI=1S/C86H158N4O2/c1-10-14-18-22-26-28-30-32-34-36-38-40-42-46-52-60-68-82(80-87-86(91)77-79-90(8)9)69-61-53-50-51-57-65-73-84(71-63-55-45-24-20-16-12-3)83(70-62-54-25-21-17-13-4)72-64-56-47-44-49-59-67-75-85(92-88-81(5)76-78-89(6)7)74-66-58-48-43-41-39-37-35-33-31-29-27-23-19-15-11-2/h26-29,32-35,45,54-55,62,71-72,82,85H,10-25,30-31,36-44,46-53,56-61,63-70,73-80H2,1-9H3,(H,87,91). The number of carbonyl (C=O) groups excluding carboxylic acids is 1. The maximum absolute atomic E-state index is 12.8. The molecule has 0 saturated carbocycles. The molecule has 0 bridgehead atoms. The molecule has 0 aliphatic heterocycles. The smallest absolute Gasteiger partial charge is 0.221 e. The van der Waals surface area contributed by atoms with Crippen molar-refractivity contribution < 1.29 is 9.63 Å². The van der Waals surface area contributed by atoms with Crippen LogP contribution in [0.15, 0.2) is 101 Å². The zero-order chi connectivity index (χ0) is 66.9. The molecule has 92 heavy (non-hydrogen) atoms. The highest BCUT2D eigenvalue weighted by Gasteiger charge is 2.13. The SMILES string of the molecule is CCCCCC=CCC=CCCCCCCCCC(CCCCCCCCC(=CCC=CCCCCC)C(=CCCCCCCCCC(CCCCCCCCC=CCC=CCCCCC)ON=C(C)CCN(C)C)CC=CCCCCC)CNC(=O)CCN(C)C. The van der Waals surface area contributed by atoms with Crippen LogP contribution >= 0.6 is 0 Å². The predicted molar refractivity (Wildman–Crippen MR) is 415 cm³/mol. The minimum absolute atomic E-state index is 0.215. The van der Waals surface area contributed by atoms with E-state index >= 15 is 0 Å². The second-order valence-corrected chi connectivity index (χ2v) is 28.3. The van der Waals surface area contributed by atoms with E-state index in [9.17, 15) is 4.79 Å². The van der Waals surface area contributed by atoms with Gasteiger partial charge in [-0.05, 0) is 219 Å². The number of allylic oxidation sites excluding steroid dienone is 16. The molecule has 0 aromatic heterocycles. The number of carbonyl (C=O) groups is 1. The molecule has 0 radical (unpaired) electrons. The van der Waals surface area contributed by atoms with Gasteiger partial charge in [-0.25, -0.2) is 0 Å². The van der Waals surface area contributed by atoms with Crippen LogP contribution in [0.5, 0.6) is 0 Å². The second kappa shape index (κ2) is 73.6. The molecule has 1 amide bonds. The Hall–Kier alpha value is -3.22. The molecule has 2 atom stereocenters. The molecule has 0 fully saturated rings. The quantitative estimate of drug-likeness (QED) is 0.0217. The van der Waals surface area contributed by atoms with E-state index in [0.29, 0.717) is 12.3 Å². The van der Waals surface area contributed by atoms with Gasteiger partial charge in [-0.1, -0.05) is 285 Å². The fourth-order valence-electron chi connectivity index (χ4n) is 12.1. The first-order valence-electron chi connectivity index (χ1n) is 40.2. The van der Waals surface area contributed by atoms with E-state index in [1.165, 1.54) is 295 Å². The zero-order valence-electron chi connectivity index (χ0n) is 63.2. The van der Waals surface area contributed by atoms with Crippen LogP contribution in [0.3, 0.4) is 0 Å². The monoisotopic (exact) mass is 1280 g/mol. The summed E-state index contributed by atoms with van der Waals surface area (Å²) in [5.41, 5.74) is 4.33. The Morgan fingerprint density at radius 2 is 0.728 bits per heavy atom. The van der Waals surface area contributed by atoms with Gasteiger partial charge in [0.05, 0.1) is 5.71 Å². The molecule has 0 aliphatic carbocycles. The summed E-state index contributed by atoms with van der Waals surface area (Å²) in [4.78, 5) is 23.4. The zero-order valence-corrected chi connectivity index (χ0v) is 63.2. The second-order valence-electron chi connectivity index (χ2n) is 28.3. The van der Waals surface area contributed by atoms with Gasteiger partial charge < -0.3 is 20.0 Å². The summed E-state index contributed by atoms with van der Waals surface area (Å²) in [6.07, 6.45) is 102. The average Bonchev–Trinajstić information content (AvgIpc) is 3.36. The van der Waals surface area contributed by atoms with E-state index in [1.54, 1.807) is 11.1 Å². The molecule has 0 saturated heterocycles. The number of amides is 1. The summed E-state index contributed by atoms with van der Waals surface area (Å²) in [7, 11) is 8.38. The lowest BCUT2D eigenvalue weighted by Gasteiger charge is -2.18. The van der Waals surface area contributed by atoms with Crippen molar-refractivity contribution in [2.75, 3.05) is 47.8 Å². The van der Waals surface area contributed by atoms with Crippen molar-refractivity contribution in [3.63, 3.8) is 0 Å². The highest BCUT2D eigenvalue weighted by atomic mass is 16.6. The lowest BCUT2D eigenvalue weighted by Crippen LogP contribution is -2.31. The summed E-state index contributed by atoms with van der Waals surface area (Å²) in [6, 6.07) is 0. The summed E-state index contributed by atoms with van der Waals surface area (Å²) in [5, 5.41) is 8.00. The van der Waals surface area contributed by atoms with Crippen molar-refractivity contribution in [1.29, 1.82) is 0 Å². The van der Waals surface area contributed by atoms with Crippen LogP contribution < -0.4 is 5.32 Å². The van der Waals surface area contributed by atoms with Gasteiger partial charge in [-0.15, -0.1) is 0 Å². The number of oxime groups is 1. The Balaban J connectivity index is 5.36. The third-order valence-corrected chi connectivity index (χ3v) is 18.4. The van der Waals surface area contributed by atoms with Crippen molar-refractivity contribution in [3.8, 4) is 0 Å². The fraction of sp³-hybridized carbons (Fsp3) is 0.791. The fourth-order valence-corrected chi connectivity index (χ4v) is 12.1. The molecule has 6 heteroatoms. The van der Waals surface area contributed by atoms with Crippen molar-refractivity contribution in [2.45, 2.75) is 387 Å². The van der Waals surface area contributed by atoms with Crippen molar-refractivity contribution in [1.82, 2.24) is 15.1 Å². The van der Waals surface area contributed by atoms with E-state index in [1.807, 2.05) is 0 Å². The van der Waals surface area contributed by atoms with Crippen LogP contribution in [0.1, 0.15) is 381 Å². The third kappa shape index (κ3) is 68.2. The number of nitrogens with zero attached hydrogens (tertiary/aromatic N) is 3. The predicted octanol–water partition coefficient (Wildman–Crippen LogP) is 26.9. The van der Waals surface area contributed by atoms with E-state index in [0.717, 1.165) is 70.3 Å². The van der Waals surface area contributed by atoms with Crippen LogP contribution in [0.4, 0.5) is 0 Å². The molecule has 2 unspecified atom stereocenters. The molecule has 1 N–H and O–H groups in total. The average molecular weight is 1280 g/mol. The molecule has 0 aliphatic rings. The van der Waals surface area contributed by atoms with E-state index in [2.05, 4.69) is 168 Å². The summed E-state index contributed by atoms with van der Waals surface area (Å²) >= 11 is 0. The molecule has 0 rings (SSSR count). The maximum atomic E-state index is 12.8. The van der Waals surface area contributed by atoms with Crippen LogP contribution in [-0.2, 0) is 9.63 Å². The van der Waals surface area contributed by atoms with E-state index in [4.69, 9.17) is 4.84 Å². The Morgan fingerprint density at radius 3 is 1.16 bits per heavy atom. The van der Waals surface area contributed by atoms with Crippen LogP contribution in [0, 0.1) is 5.92 Å². The largest absolute Gasteiger partial charge is 0.393 e. The Bertz CT molecular complexity index is 1830. The van der Waals surface area contributed by atoms with Crippen molar-refractivity contribution in [2.24, 2.45) is 11.1 Å². The first-order valence-corrected chi connectivity index (χ1v) is 40.2. The summed E-state index contributed by atoms with van der Waals surface area (Å²) in [5.74, 6) is 0.813. The highest BCUT2D eigenvalue weighted by Crippen LogP contribution is 2.26. The van der Waals surface area contributed by atoms with Crippen molar-refractivity contribution >= 4 is 11.6 Å². The number of hydrogen-bond donors (Lipinski definition) is 1. The van der Waals surface area contributed by atoms with Gasteiger partial charge in [0.2, 0.25) is 5.91 Å². The molecule has 0 aromatic rings. The van der Waals surface area contributed by atoms with E-state index < -0.39 is 0 Å². The lowest BCUT2D eigenvalue weighted by atomic mass is 9.92. The topological polar surface area (TPSA) is 57.2 Å². The van der Waals surface area contributed by atoms with Gasteiger partial charge in [0.25, 0.3) is 0 Å². The maximum Gasteiger partial charge on any atom is 0.221 e. The van der Waals surface area contributed by atoms with Gasteiger partial charge in [-0.3, -0.25) is 4.79 Å². The molecular weight excluding hydrogens is 1120 g/mol. The Kier molecular flexibility index (Phi) is 71.0. The van der Waals surface area contributed by atoms with Crippen LogP contribution in [0.2, 0.25) is 0 Å². The first kappa shape index (κ1) is 88.8. The Morgan fingerprint density at radius 1 is 0.370 bits per heavy atom. The normalized spacial score (nSPS) is 13.7.